The summed E-state index contributed by atoms with van der Waals surface area (Å²) in [6, 6.07) is 4.89. The minimum absolute atomic E-state index is 0.0526. The average molecular weight is 444 g/mol. The molecule has 0 amide bonds. The van der Waals surface area contributed by atoms with Crippen molar-refractivity contribution in [1.82, 2.24) is 4.90 Å². The zero-order valence-electron chi connectivity index (χ0n) is 13.2. The molecule has 1 fully saturated rings. The summed E-state index contributed by atoms with van der Waals surface area (Å²) in [5.74, 6) is 1.77. The highest BCUT2D eigenvalue weighted by molar-refractivity contribution is 9.10. The van der Waals surface area contributed by atoms with Crippen LogP contribution >= 0.6 is 35.3 Å². The SMILES string of the molecule is O=P(O)(Oc1ccc(CSCCN2CCCCC2)cc1Br)C(F)F. The van der Waals surface area contributed by atoms with Gasteiger partial charge in [-0.2, -0.15) is 20.5 Å². The van der Waals surface area contributed by atoms with Crippen molar-refractivity contribution in [3.63, 3.8) is 0 Å². The summed E-state index contributed by atoms with van der Waals surface area (Å²) in [6.07, 6.45) is 0.478. The van der Waals surface area contributed by atoms with E-state index >= 15 is 0 Å². The van der Waals surface area contributed by atoms with Crippen LogP contribution in [0.3, 0.4) is 0 Å². The maximum Gasteiger partial charge on any atom is 0.442 e. The van der Waals surface area contributed by atoms with Crippen LogP contribution in [-0.4, -0.2) is 41.3 Å². The van der Waals surface area contributed by atoms with E-state index in [0.29, 0.717) is 4.47 Å². The van der Waals surface area contributed by atoms with Crippen molar-refractivity contribution in [3.05, 3.63) is 28.2 Å². The molecule has 1 saturated heterocycles. The number of thioether (sulfide) groups is 1. The molecule has 1 aliphatic rings. The molecular weight excluding hydrogens is 423 g/mol. The van der Waals surface area contributed by atoms with Crippen LogP contribution in [0.15, 0.2) is 22.7 Å². The molecular formula is C15H21BrF2NO3PS. The fourth-order valence-corrected chi connectivity index (χ4v) is 4.56. The van der Waals surface area contributed by atoms with Crippen molar-refractivity contribution < 1.29 is 22.8 Å². The first-order chi connectivity index (χ1) is 11.4. The van der Waals surface area contributed by atoms with Crippen LogP contribution in [0.5, 0.6) is 5.75 Å². The maximum atomic E-state index is 12.4. The van der Waals surface area contributed by atoms with Gasteiger partial charge in [0.2, 0.25) is 0 Å². The second-order valence-electron chi connectivity index (χ2n) is 5.65. The summed E-state index contributed by atoms with van der Waals surface area (Å²) < 4.78 is 41.0. The summed E-state index contributed by atoms with van der Waals surface area (Å²) in [5.41, 5.74) is 1.00. The molecule has 136 valence electrons. The van der Waals surface area contributed by atoms with Crippen molar-refractivity contribution in [1.29, 1.82) is 0 Å². The van der Waals surface area contributed by atoms with Gasteiger partial charge in [-0.25, -0.2) is 4.57 Å². The number of nitrogens with zero attached hydrogens (tertiary/aromatic N) is 1. The third-order valence-electron chi connectivity index (χ3n) is 3.74. The number of hydrogen-bond acceptors (Lipinski definition) is 4. The first-order valence-corrected chi connectivity index (χ1v) is 11.4. The number of halogens is 3. The predicted molar refractivity (Wildman–Crippen MR) is 97.1 cm³/mol. The zero-order valence-corrected chi connectivity index (χ0v) is 16.5. The van der Waals surface area contributed by atoms with Crippen molar-refractivity contribution >= 4 is 35.3 Å². The topological polar surface area (TPSA) is 49.8 Å². The highest BCUT2D eigenvalue weighted by atomic mass is 79.9. The van der Waals surface area contributed by atoms with E-state index in [-0.39, 0.29) is 5.75 Å². The van der Waals surface area contributed by atoms with E-state index < -0.39 is 13.8 Å². The molecule has 0 spiro atoms. The molecule has 1 heterocycles. The highest BCUT2D eigenvalue weighted by Gasteiger charge is 2.34. The minimum Gasteiger partial charge on any atom is -0.420 e. The van der Waals surface area contributed by atoms with Crippen LogP contribution in [0, 0.1) is 0 Å². The van der Waals surface area contributed by atoms with Crippen molar-refractivity contribution in [2.75, 3.05) is 25.4 Å². The molecule has 1 unspecified atom stereocenters. The van der Waals surface area contributed by atoms with Crippen LogP contribution in [0.1, 0.15) is 24.8 Å². The number of rotatable bonds is 8. The summed E-state index contributed by atoms with van der Waals surface area (Å²) >= 11 is 5.01. The fraction of sp³-hybridized carbons (Fsp3) is 0.600. The van der Waals surface area contributed by atoms with Gasteiger partial charge in [0.05, 0.1) is 4.47 Å². The molecule has 24 heavy (non-hydrogen) atoms. The maximum absolute atomic E-state index is 12.4. The second-order valence-corrected chi connectivity index (χ2v) is 9.31. The lowest BCUT2D eigenvalue weighted by Crippen LogP contribution is -2.31. The Morgan fingerprint density at radius 3 is 2.67 bits per heavy atom. The number of alkyl halides is 2. The molecule has 1 atom stereocenters. The van der Waals surface area contributed by atoms with Crippen molar-refractivity contribution in [3.8, 4) is 5.75 Å². The zero-order chi connectivity index (χ0) is 17.6. The van der Waals surface area contributed by atoms with Gasteiger partial charge < -0.3 is 14.3 Å². The molecule has 4 nitrogen and oxygen atoms in total. The average Bonchev–Trinajstić information content (AvgIpc) is 2.55. The minimum atomic E-state index is -4.94. The van der Waals surface area contributed by atoms with Gasteiger partial charge in [0.15, 0.2) is 0 Å². The number of piperidine rings is 1. The molecule has 1 N–H and O–H groups in total. The predicted octanol–water partition coefficient (Wildman–Crippen LogP) is 4.96. The highest BCUT2D eigenvalue weighted by Crippen LogP contribution is 2.50. The van der Waals surface area contributed by atoms with Crippen LogP contribution in [0.4, 0.5) is 8.78 Å². The van der Waals surface area contributed by atoms with Gasteiger partial charge in [-0.05, 0) is 59.6 Å². The Kier molecular flexibility index (Phi) is 8.01. The van der Waals surface area contributed by atoms with Gasteiger partial charge in [-0.1, -0.05) is 12.5 Å². The lowest BCUT2D eigenvalue weighted by Gasteiger charge is -2.26. The van der Waals surface area contributed by atoms with Gasteiger partial charge in [0.25, 0.3) is 0 Å². The smallest absolute Gasteiger partial charge is 0.420 e. The van der Waals surface area contributed by atoms with Gasteiger partial charge in [0, 0.05) is 18.1 Å². The van der Waals surface area contributed by atoms with Crippen molar-refractivity contribution in [2.45, 2.75) is 31.2 Å². The Morgan fingerprint density at radius 2 is 2.04 bits per heavy atom. The largest absolute Gasteiger partial charge is 0.442 e. The monoisotopic (exact) mass is 443 g/mol. The normalized spacial score (nSPS) is 18.5. The molecule has 0 bridgehead atoms. The van der Waals surface area contributed by atoms with Crippen LogP contribution in [0.25, 0.3) is 0 Å². The lowest BCUT2D eigenvalue weighted by atomic mass is 10.1. The second kappa shape index (κ2) is 9.53. The molecule has 0 radical (unpaired) electrons. The summed E-state index contributed by atoms with van der Waals surface area (Å²) in [7, 11) is -4.94. The van der Waals surface area contributed by atoms with Crippen LogP contribution < -0.4 is 4.52 Å². The molecule has 1 aromatic carbocycles. The van der Waals surface area contributed by atoms with E-state index in [1.54, 1.807) is 23.9 Å². The van der Waals surface area contributed by atoms with E-state index in [0.717, 1.165) is 23.6 Å². The van der Waals surface area contributed by atoms with Gasteiger partial charge >= 0.3 is 13.8 Å². The molecule has 0 saturated carbocycles. The summed E-state index contributed by atoms with van der Waals surface area (Å²) in [4.78, 5) is 11.6. The summed E-state index contributed by atoms with van der Waals surface area (Å²) in [5, 5.41) is 0. The quantitative estimate of drug-likeness (QED) is 0.454. The first-order valence-electron chi connectivity index (χ1n) is 7.77. The molecule has 1 aliphatic heterocycles. The number of benzene rings is 1. The van der Waals surface area contributed by atoms with E-state index in [9.17, 15) is 13.3 Å². The molecule has 9 heteroatoms. The van der Waals surface area contributed by atoms with Crippen molar-refractivity contribution in [2.24, 2.45) is 0 Å². The van der Waals surface area contributed by atoms with E-state index in [4.69, 9.17) is 4.89 Å². The Morgan fingerprint density at radius 1 is 1.33 bits per heavy atom. The van der Waals surface area contributed by atoms with Crippen LogP contribution in [-0.2, 0) is 10.3 Å². The number of hydrogen-bond donors (Lipinski definition) is 1. The fourth-order valence-electron chi connectivity index (χ4n) is 2.46. The van der Waals surface area contributed by atoms with E-state index in [1.165, 1.54) is 38.4 Å². The van der Waals surface area contributed by atoms with Gasteiger partial charge in [0.1, 0.15) is 5.75 Å². The van der Waals surface area contributed by atoms with E-state index in [2.05, 4.69) is 25.4 Å². The van der Waals surface area contributed by atoms with E-state index in [1.807, 2.05) is 0 Å². The molecule has 2 rings (SSSR count). The Hall–Kier alpha value is -0.140. The van der Waals surface area contributed by atoms with Gasteiger partial charge in [-0.3, -0.25) is 0 Å². The third kappa shape index (κ3) is 6.30. The Bertz CT molecular complexity index is 588. The lowest BCUT2D eigenvalue weighted by molar-refractivity contribution is 0.188. The molecule has 1 aromatic rings. The Balaban J connectivity index is 1.80. The third-order valence-corrected chi connectivity index (χ3v) is 6.32. The first kappa shape index (κ1) is 20.2. The van der Waals surface area contributed by atoms with Crippen LogP contribution in [0.2, 0.25) is 0 Å². The molecule has 0 aliphatic carbocycles. The Labute approximate surface area is 153 Å². The molecule has 0 aromatic heterocycles. The summed E-state index contributed by atoms with van der Waals surface area (Å²) in [6.45, 7) is 3.45. The van der Waals surface area contributed by atoms with Gasteiger partial charge in [-0.15, -0.1) is 0 Å². The number of likely N-dealkylation sites (tertiary alicyclic amines) is 1. The standard InChI is InChI=1S/C15H21BrF2NO3PS/c16-13-10-12(4-5-14(13)22-23(20,21)15(17)18)11-24-9-8-19-6-2-1-3-7-19/h4-5,10,15H,1-3,6-9,11H2,(H,20,21).